The van der Waals surface area contributed by atoms with E-state index in [4.69, 9.17) is 5.73 Å². The lowest BCUT2D eigenvalue weighted by atomic mass is 9.82. The molecule has 3 fully saturated rings. The van der Waals surface area contributed by atoms with Crippen molar-refractivity contribution in [1.82, 2.24) is 20.9 Å². The summed E-state index contributed by atoms with van der Waals surface area (Å²) >= 11 is 0. The van der Waals surface area contributed by atoms with Gasteiger partial charge in [0.05, 0.1) is 12.1 Å². The van der Waals surface area contributed by atoms with Crippen LogP contribution in [-0.4, -0.2) is 82.9 Å². The lowest BCUT2D eigenvalue weighted by molar-refractivity contribution is -0.125. The number of nitrogens with zero attached hydrogens (tertiary/aromatic N) is 1. The first-order valence-corrected chi connectivity index (χ1v) is 14.5. The Morgan fingerprint density at radius 2 is 1.65 bits per heavy atom. The number of likely N-dealkylation sites (tertiary alicyclic amines) is 1. The lowest BCUT2D eigenvalue weighted by Crippen LogP contribution is -2.54. The van der Waals surface area contributed by atoms with Gasteiger partial charge in [0.1, 0.15) is 12.1 Å². The van der Waals surface area contributed by atoms with Gasteiger partial charge in [-0.25, -0.2) is 4.79 Å². The minimum atomic E-state index is -0.985. The highest BCUT2D eigenvalue weighted by molar-refractivity contribution is 5.87. The number of aliphatic hydroxyl groups is 2. The van der Waals surface area contributed by atoms with Crippen molar-refractivity contribution in [2.45, 2.75) is 121 Å². The van der Waals surface area contributed by atoms with Gasteiger partial charge in [-0.15, -0.1) is 0 Å². The molecule has 7 N–H and O–H groups in total. The molecule has 0 aromatic heterocycles. The monoisotopic (exact) mass is 523 g/mol. The second kappa shape index (κ2) is 14.9. The van der Waals surface area contributed by atoms with E-state index in [-0.39, 0.29) is 42.8 Å². The Kier molecular flexibility index (Phi) is 11.9. The van der Waals surface area contributed by atoms with E-state index in [0.717, 1.165) is 44.9 Å². The molecule has 4 amide bonds. The van der Waals surface area contributed by atoms with Gasteiger partial charge in [-0.1, -0.05) is 45.4 Å². The van der Waals surface area contributed by atoms with Crippen LogP contribution in [0.3, 0.4) is 0 Å². The molecule has 4 atom stereocenters. The van der Waals surface area contributed by atoms with Crippen molar-refractivity contribution in [2.75, 3.05) is 19.6 Å². The summed E-state index contributed by atoms with van der Waals surface area (Å²) in [5, 5.41) is 29.9. The van der Waals surface area contributed by atoms with Gasteiger partial charge in [0.2, 0.25) is 11.8 Å². The Bertz CT molecular complexity index is 735. The average Bonchev–Trinajstić information content (AvgIpc) is 3.74. The second-order valence-corrected chi connectivity index (χ2v) is 11.4. The Morgan fingerprint density at radius 3 is 2.27 bits per heavy atom. The number of carbonyl (C=O) groups is 3. The van der Waals surface area contributed by atoms with Crippen molar-refractivity contribution < 1.29 is 24.6 Å². The highest BCUT2D eigenvalue weighted by Gasteiger charge is 2.39. The Morgan fingerprint density at radius 1 is 0.973 bits per heavy atom. The third-order valence-electron chi connectivity index (χ3n) is 8.20. The molecule has 1 heterocycles. The molecule has 1 aliphatic heterocycles. The predicted octanol–water partition coefficient (Wildman–Crippen LogP) is 1.38. The molecule has 0 aromatic rings. The van der Waals surface area contributed by atoms with Gasteiger partial charge < -0.3 is 36.8 Å². The molecule has 1 saturated heterocycles. The SMILES string of the molecule is CCC[C@H](NC(=O)N1CCC(N)CC1)C(=O)NCCC(=O)N[C@@H](CC1CCCCC1)[C@@H](O)[C@@H](O)C1CC1. The number of carbonyl (C=O) groups excluding carboxylic acids is 3. The Labute approximate surface area is 221 Å². The van der Waals surface area contributed by atoms with Crippen LogP contribution in [-0.2, 0) is 9.59 Å². The Hall–Kier alpha value is -1.91. The normalized spacial score (nSPS) is 22.5. The zero-order chi connectivity index (χ0) is 26.8. The first kappa shape index (κ1) is 29.6. The van der Waals surface area contributed by atoms with Gasteiger partial charge in [-0.05, 0) is 50.4 Å². The van der Waals surface area contributed by atoms with Crippen molar-refractivity contribution in [3.63, 3.8) is 0 Å². The number of nitrogens with two attached hydrogens (primary N) is 1. The molecule has 2 aliphatic carbocycles. The number of nitrogens with one attached hydrogen (secondary N) is 3. The van der Waals surface area contributed by atoms with Crippen LogP contribution in [0.4, 0.5) is 4.79 Å². The summed E-state index contributed by atoms with van der Waals surface area (Å²) in [6, 6.07) is -1.30. The third kappa shape index (κ3) is 9.72. The smallest absolute Gasteiger partial charge is 0.318 e. The molecule has 2 saturated carbocycles. The fourth-order valence-electron chi connectivity index (χ4n) is 5.62. The number of urea groups is 1. The van der Waals surface area contributed by atoms with Gasteiger partial charge in [0.25, 0.3) is 0 Å². The maximum atomic E-state index is 12.8. The quantitative estimate of drug-likeness (QED) is 0.214. The van der Waals surface area contributed by atoms with E-state index in [0.29, 0.717) is 31.8 Å². The second-order valence-electron chi connectivity index (χ2n) is 11.4. The van der Waals surface area contributed by atoms with Crippen LogP contribution in [0.1, 0.15) is 90.4 Å². The third-order valence-corrected chi connectivity index (χ3v) is 8.20. The standard InChI is InChI=1S/C27H49N5O5/c1-2-6-21(31-27(37)32-15-12-20(28)13-16-32)26(36)29-14-11-23(33)30-22(17-18-7-4-3-5-8-18)25(35)24(34)19-9-10-19/h18-22,24-25,34-35H,2-17,28H2,1H3,(H,29,36)(H,30,33)(H,31,37)/t21-,22-,24-,25+/m0/s1. The zero-order valence-electron chi connectivity index (χ0n) is 22.5. The van der Waals surface area contributed by atoms with Gasteiger partial charge in [-0.2, -0.15) is 0 Å². The number of amides is 4. The van der Waals surface area contributed by atoms with Crippen LogP contribution < -0.4 is 21.7 Å². The summed E-state index contributed by atoms with van der Waals surface area (Å²) in [5.41, 5.74) is 5.92. The van der Waals surface area contributed by atoms with Crippen molar-refractivity contribution in [3.8, 4) is 0 Å². The molecular weight excluding hydrogens is 474 g/mol. The minimum absolute atomic E-state index is 0.0654. The van der Waals surface area contributed by atoms with Crippen LogP contribution in [0.2, 0.25) is 0 Å². The number of hydrogen-bond acceptors (Lipinski definition) is 6. The molecule has 10 nitrogen and oxygen atoms in total. The summed E-state index contributed by atoms with van der Waals surface area (Å²) in [4.78, 5) is 39.8. The van der Waals surface area contributed by atoms with Crippen molar-refractivity contribution in [1.29, 1.82) is 0 Å². The first-order valence-electron chi connectivity index (χ1n) is 14.5. The minimum Gasteiger partial charge on any atom is -0.390 e. The zero-order valence-corrected chi connectivity index (χ0v) is 22.5. The molecule has 212 valence electrons. The fourth-order valence-corrected chi connectivity index (χ4v) is 5.62. The van der Waals surface area contributed by atoms with Crippen LogP contribution >= 0.6 is 0 Å². The lowest BCUT2D eigenvalue weighted by Gasteiger charge is -2.32. The molecule has 37 heavy (non-hydrogen) atoms. The largest absolute Gasteiger partial charge is 0.390 e. The topological polar surface area (TPSA) is 157 Å². The van der Waals surface area contributed by atoms with Crippen molar-refractivity contribution in [3.05, 3.63) is 0 Å². The summed E-state index contributed by atoms with van der Waals surface area (Å²) in [6.07, 6.45) is 9.22. The van der Waals surface area contributed by atoms with Gasteiger partial charge in [0.15, 0.2) is 0 Å². The van der Waals surface area contributed by atoms with E-state index in [9.17, 15) is 24.6 Å². The number of piperidine rings is 1. The number of rotatable bonds is 13. The molecule has 0 bridgehead atoms. The van der Waals surface area contributed by atoms with Crippen LogP contribution in [0, 0.1) is 11.8 Å². The highest BCUT2D eigenvalue weighted by atomic mass is 16.3. The van der Waals surface area contributed by atoms with E-state index in [1.807, 2.05) is 6.92 Å². The summed E-state index contributed by atoms with van der Waals surface area (Å²) in [6.45, 7) is 3.25. The molecule has 3 aliphatic rings. The van der Waals surface area contributed by atoms with Gasteiger partial charge in [-0.3, -0.25) is 9.59 Å². The molecular formula is C27H49N5O5. The number of aliphatic hydroxyl groups excluding tert-OH is 2. The van der Waals surface area contributed by atoms with E-state index < -0.39 is 24.3 Å². The fraction of sp³-hybridized carbons (Fsp3) is 0.889. The summed E-state index contributed by atoms with van der Waals surface area (Å²) in [7, 11) is 0. The van der Waals surface area contributed by atoms with E-state index in [1.165, 1.54) is 19.3 Å². The maximum Gasteiger partial charge on any atom is 0.318 e. The van der Waals surface area contributed by atoms with Crippen LogP contribution in [0.15, 0.2) is 0 Å². The molecule has 0 radical (unpaired) electrons. The molecule has 3 rings (SSSR count). The first-order chi connectivity index (χ1) is 17.8. The predicted molar refractivity (Wildman–Crippen MR) is 141 cm³/mol. The average molecular weight is 524 g/mol. The molecule has 0 spiro atoms. The molecule has 0 aromatic carbocycles. The van der Waals surface area contributed by atoms with Crippen LogP contribution in [0.5, 0.6) is 0 Å². The highest BCUT2D eigenvalue weighted by Crippen LogP contribution is 2.36. The number of hydrogen-bond donors (Lipinski definition) is 6. The maximum absolute atomic E-state index is 12.8. The summed E-state index contributed by atoms with van der Waals surface area (Å²) < 4.78 is 0. The Balaban J connectivity index is 1.45. The van der Waals surface area contributed by atoms with Gasteiger partial charge in [0, 0.05) is 32.1 Å². The molecule has 10 heteroatoms. The van der Waals surface area contributed by atoms with E-state index >= 15 is 0 Å². The van der Waals surface area contributed by atoms with Gasteiger partial charge >= 0.3 is 6.03 Å². The van der Waals surface area contributed by atoms with E-state index in [2.05, 4.69) is 16.0 Å². The van der Waals surface area contributed by atoms with Crippen LogP contribution in [0.25, 0.3) is 0 Å². The van der Waals surface area contributed by atoms with E-state index in [1.54, 1.807) is 4.90 Å². The van der Waals surface area contributed by atoms with Crippen molar-refractivity contribution in [2.24, 2.45) is 17.6 Å². The summed E-state index contributed by atoms with van der Waals surface area (Å²) in [5.74, 6) is -0.00941. The molecule has 0 unspecified atom stereocenters. The van der Waals surface area contributed by atoms with Crippen molar-refractivity contribution >= 4 is 17.8 Å².